The molecule has 8 nitrogen and oxygen atoms in total. The van der Waals surface area contributed by atoms with Crippen molar-refractivity contribution in [3.05, 3.63) is 80.5 Å². The topological polar surface area (TPSA) is 112 Å². The average Bonchev–Trinajstić information content (AvgIpc) is 3.70. The first kappa shape index (κ1) is 25.2. The van der Waals surface area contributed by atoms with Gasteiger partial charge in [-0.05, 0) is 73.4 Å². The Labute approximate surface area is 229 Å². The molecule has 2 aromatic heterocycles. The van der Waals surface area contributed by atoms with E-state index in [1.165, 1.54) is 11.1 Å². The molecule has 0 aliphatic heterocycles. The number of rotatable bonds is 6. The van der Waals surface area contributed by atoms with Gasteiger partial charge in [0.15, 0.2) is 5.75 Å². The Morgan fingerprint density at radius 2 is 1.90 bits per heavy atom. The highest BCUT2D eigenvalue weighted by atomic mass is 32.1. The number of para-hydroxylation sites is 1. The van der Waals surface area contributed by atoms with Gasteiger partial charge >= 0.3 is 12.0 Å². The fraction of sp³-hybridized carbons (Fsp3) is 0.300. The Kier molecular flexibility index (Phi) is 6.38. The Morgan fingerprint density at radius 3 is 2.59 bits per heavy atom. The van der Waals surface area contributed by atoms with Crippen LogP contribution in [0.4, 0.5) is 10.5 Å². The number of aromatic carboxylic acids is 1. The first-order valence-corrected chi connectivity index (χ1v) is 13.9. The minimum Gasteiger partial charge on any atom is -0.494 e. The van der Waals surface area contributed by atoms with Crippen molar-refractivity contribution in [1.29, 1.82) is 0 Å². The molecule has 4 aromatic rings. The van der Waals surface area contributed by atoms with Gasteiger partial charge in [0.05, 0.1) is 24.1 Å². The predicted octanol–water partition coefficient (Wildman–Crippen LogP) is 6.06. The number of carboxylic acids is 1. The maximum absolute atomic E-state index is 13.1. The van der Waals surface area contributed by atoms with E-state index in [0.29, 0.717) is 22.6 Å². The summed E-state index contributed by atoms with van der Waals surface area (Å²) in [6.07, 6.45) is 6.02. The molecule has 9 heteroatoms. The van der Waals surface area contributed by atoms with E-state index in [1.54, 1.807) is 30.4 Å². The third-order valence-corrected chi connectivity index (χ3v) is 8.95. The molecule has 3 N–H and O–H groups in total. The Hall–Kier alpha value is -4.11. The minimum absolute atomic E-state index is 0.105. The van der Waals surface area contributed by atoms with Crippen LogP contribution in [0.1, 0.15) is 64.0 Å². The number of carbonyl (C=O) groups excluding carboxylic acids is 1. The number of pyridine rings is 1. The Balaban J connectivity index is 1.42. The van der Waals surface area contributed by atoms with Crippen molar-refractivity contribution in [2.75, 3.05) is 19.1 Å². The van der Waals surface area contributed by atoms with Crippen LogP contribution in [-0.4, -0.2) is 36.2 Å². The first-order valence-electron chi connectivity index (χ1n) is 13.1. The van der Waals surface area contributed by atoms with E-state index in [2.05, 4.69) is 16.4 Å². The summed E-state index contributed by atoms with van der Waals surface area (Å²) in [6, 6.07) is 13.3. The van der Waals surface area contributed by atoms with E-state index in [4.69, 9.17) is 4.74 Å². The SMILES string of the molecule is COc1c(-c2cc3c(s2)CCCC3NC(=O)N(C)c2ccccc2)c(C2CC2)cc2c(=O)c(C(=O)O)c[nH]c12. The smallest absolute Gasteiger partial charge is 0.341 e. The fourth-order valence-corrected chi connectivity index (χ4v) is 6.86. The van der Waals surface area contributed by atoms with E-state index in [9.17, 15) is 19.5 Å². The average molecular weight is 544 g/mol. The number of H-pyrrole nitrogens is 1. The molecule has 0 saturated heterocycles. The van der Waals surface area contributed by atoms with Gasteiger partial charge in [0, 0.05) is 34.2 Å². The lowest BCUT2D eigenvalue weighted by atomic mass is 9.92. The molecule has 39 heavy (non-hydrogen) atoms. The van der Waals surface area contributed by atoms with Gasteiger partial charge in [0.25, 0.3) is 0 Å². The van der Waals surface area contributed by atoms with Crippen LogP contribution in [0.15, 0.2) is 53.5 Å². The molecule has 1 saturated carbocycles. The van der Waals surface area contributed by atoms with Crippen LogP contribution in [0.5, 0.6) is 5.75 Å². The zero-order valence-electron chi connectivity index (χ0n) is 21.7. The molecule has 2 aromatic carbocycles. The summed E-state index contributed by atoms with van der Waals surface area (Å²) >= 11 is 1.70. The van der Waals surface area contributed by atoms with Gasteiger partial charge in [-0.25, -0.2) is 9.59 Å². The number of hydrogen-bond acceptors (Lipinski definition) is 5. The predicted molar refractivity (Wildman–Crippen MR) is 152 cm³/mol. The van der Waals surface area contributed by atoms with Crippen LogP contribution in [0.3, 0.4) is 0 Å². The molecule has 1 atom stereocenters. The number of thiophene rings is 1. The quantitative estimate of drug-likeness (QED) is 0.274. The number of carboxylic acid groups (broad SMARTS) is 1. The largest absolute Gasteiger partial charge is 0.494 e. The number of aromatic amines is 1. The summed E-state index contributed by atoms with van der Waals surface area (Å²) in [5, 5.41) is 13.0. The number of benzene rings is 2. The summed E-state index contributed by atoms with van der Waals surface area (Å²) < 4.78 is 5.90. The molecule has 1 unspecified atom stereocenters. The number of hydrogen-bond donors (Lipinski definition) is 3. The van der Waals surface area contributed by atoms with Crippen molar-refractivity contribution >= 4 is 39.9 Å². The van der Waals surface area contributed by atoms with E-state index in [0.717, 1.165) is 59.4 Å². The zero-order valence-corrected chi connectivity index (χ0v) is 22.6. The first-order chi connectivity index (χ1) is 18.9. The number of urea groups is 1. The fourth-order valence-electron chi connectivity index (χ4n) is 5.53. The monoisotopic (exact) mass is 543 g/mol. The number of anilines is 1. The second kappa shape index (κ2) is 9.89. The van der Waals surface area contributed by atoms with Gasteiger partial charge < -0.3 is 20.1 Å². The maximum atomic E-state index is 13.1. The molecule has 2 heterocycles. The van der Waals surface area contributed by atoms with Gasteiger partial charge in [-0.15, -0.1) is 11.3 Å². The maximum Gasteiger partial charge on any atom is 0.341 e. The van der Waals surface area contributed by atoms with Crippen LogP contribution >= 0.6 is 11.3 Å². The summed E-state index contributed by atoms with van der Waals surface area (Å²) in [7, 11) is 3.35. The van der Waals surface area contributed by atoms with E-state index in [-0.39, 0.29) is 17.6 Å². The van der Waals surface area contributed by atoms with Crippen molar-refractivity contribution in [3.63, 3.8) is 0 Å². The number of nitrogens with zero attached hydrogens (tertiary/aromatic N) is 1. The highest BCUT2D eigenvalue weighted by Gasteiger charge is 2.33. The third-order valence-electron chi connectivity index (χ3n) is 7.72. The van der Waals surface area contributed by atoms with E-state index < -0.39 is 11.4 Å². The molecule has 2 amide bonds. The Bertz CT molecular complexity index is 1650. The van der Waals surface area contributed by atoms with Gasteiger partial charge in [-0.3, -0.25) is 9.69 Å². The normalized spacial score (nSPS) is 16.5. The highest BCUT2D eigenvalue weighted by Crippen LogP contribution is 2.52. The number of aromatic nitrogens is 1. The molecule has 200 valence electrons. The van der Waals surface area contributed by atoms with E-state index >= 15 is 0 Å². The number of fused-ring (bicyclic) bond motifs is 2. The zero-order chi connectivity index (χ0) is 27.3. The number of amides is 2. The summed E-state index contributed by atoms with van der Waals surface area (Å²) in [5.41, 5.74) is 3.59. The number of aryl methyl sites for hydroxylation is 1. The van der Waals surface area contributed by atoms with Crippen LogP contribution < -0.4 is 20.4 Å². The van der Waals surface area contributed by atoms with Crippen molar-refractivity contribution in [2.45, 2.75) is 44.1 Å². The van der Waals surface area contributed by atoms with Crippen LogP contribution in [0.25, 0.3) is 21.3 Å². The molecular formula is C30H29N3O5S. The lowest BCUT2D eigenvalue weighted by molar-refractivity contribution is 0.0695. The number of methoxy groups -OCH3 is 1. The van der Waals surface area contributed by atoms with Crippen molar-refractivity contribution in [1.82, 2.24) is 10.3 Å². The van der Waals surface area contributed by atoms with Crippen LogP contribution in [-0.2, 0) is 6.42 Å². The molecule has 2 aliphatic rings. The van der Waals surface area contributed by atoms with Crippen molar-refractivity contribution in [3.8, 4) is 16.2 Å². The number of ether oxygens (including phenoxy) is 1. The van der Waals surface area contributed by atoms with Crippen molar-refractivity contribution < 1.29 is 19.4 Å². The lowest BCUT2D eigenvalue weighted by Crippen LogP contribution is -2.40. The number of carbonyl (C=O) groups is 2. The molecule has 6 rings (SSSR count). The van der Waals surface area contributed by atoms with Gasteiger partial charge in [0.2, 0.25) is 5.43 Å². The lowest BCUT2D eigenvalue weighted by Gasteiger charge is -2.26. The second-order valence-corrected chi connectivity index (χ2v) is 11.3. The van der Waals surface area contributed by atoms with E-state index in [1.807, 2.05) is 36.4 Å². The summed E-state index contributed by atoms with van der Waals surface area (Å²) in [6.45, 7) is 0. The molecule has 1 fully saturated rings. The van der Waals surface area contributed by atoms with Gasteiger partial charge in [-0.2, -0.15) is 0 Å². The molecule has 0 spiro atoms. The summed E-state index contributed by atoms with van der Waals surface area (Å²) in [4.78, 5) is 44.7. The third kappa shape index (κ3) is 4.46. The second-order valence-electron chi connectivity index (χ2n) is 10.2. The Morgan fingerprint density at radius 1 is 1.13 bits per heavy atom. The highest BCUT2D eigenvalue weighted by molar-refractivity contribution is 7.15. The standard InChI is InChI=1S/C30H29N3O5S/c1-33(17-7-4-3-5-8-17)30(37)32-22-9-6-10-23-19(22)14-24(39-23)25-18(16-11-12-16)13-20-26(28(25)38-2)31-15-21(27(20)34)29(35)36/h3-5,7-8,13-16,22H,6,9-12H2,1-2H3,(H,31,34)(H,32,37)(H,35,36). The minimum atomic E-state index is -1.26. The van der Waals surface area contributed by atoms with Crippen LogP contribution in [0.2, 0.25) is 0 Å². The number of nitrogens with one attached hydrogen (secondary N) is 2. The van der Waals surface area contributed by atoms with Gasteiger partial charge in [0.1, 0.15) is 5.56 Å². The van der Waals surface area contributed by atoms with Crippen LogP contribution in [0, 0.1) is 0 Å². The summed E-state index contributed by atoms with van der Waals surface area (Å²) in [5.74, 6) is -0.419. The van der Waals surface area contributed by atoms with Gasteiger partial charge in [-0.1, -0.05) is 18.2 Å². The molecule has 0 bridgehead atoms. The molecule has 0 radical (unpaired) electrons. The van der Waals surface area contributed by atoms with Crippen molar-refractivity contribution in [2.24, 2.45) is 0 Å². The molecule has 2 aliphatic carbocycles. The molecular weight excluding hydrogens is 514 g/mol.